The average molecular weight is 324 g/mol. The van der Waals surface area contributed by atoms with Crippen LogP contribution in [0.1, 0.15) is 25.0 Å². The first kappa shape index (κ1) is 15.8. The zero-order valence-corrected chi connectivity index (χ0v) is 13.8. The van der Waals surface area contributed by atoms with Crippen LogP contribution in [-0.4, -0.2) is 27.3 Å². The van der Waals surface area contributed by atoms with Gasteiger partial charge < -0.3 is 26.2 Å². The van der Waals surface area contributed by atoms with Crippen LogP contribution in [0.5, 0.6) is 5.75 Å². The molecular formula is C17H20N6O. The molecule has 0 fully saturated rings. The Morgan fingerprint density at radius 1 is 1.33 bits per heavy atom. The summed E-state index contributed by atoms with van der Waals surface area (Å²) in [5, 5.41) is 11.7. The molecule has 3 rings (SSSR count). The quantitative estimate of drug-likeness (QED) is 0.424. The summed E-state index contributed by atoms with van der Waals surface area (Å²) < 4.78 is 5.85. The van der Waals surface area contributed by atoms with Crippen LogP contribution in [0, 0.1) is 12.3 Å². The van der Waals surface area contributed by atoms with Crippen LogP contribution in [0.2, 0.25) is 0 Å². The van der Waals surface area contributed by atoms with E-state index < -0.39 is 0 Å². The van der Waals surface area contributed by atoms with Crippen molar-refractivity contribution in [3.05, 3.63) is 35.8 Å². The molecule has 0 saturated heterocycles. The van der Waals surface area contributed by atoms with Crippen molar-refractivity contribution in [1.29, 1.82) is 5.41 Å². The highest BCUT2D eigenvalue weighted by atomic mass is 16.5. The lowest BCUT2D eigenvalue weighted by Crippen LogP contribution is -2.09. The minimum Gasteiger partial charge on any atom is -0.489 e. The molecule has 0 aliphatic carbocycles. The highest BCUT2D eigenvalue weighted by molar-refractivity contribution is 5.94. The molecule has 2 heterocycles. The summed E-state index contributed by atoms with van der Waals surface area (Å²) in [6.07, 6.45) is 4.60. The van der Waals surface area contributed by atoms with E-state index in [0.717, 1.165) is 16.6 Å². The predicted molar refractivity (Wildman–Crippen MR) is 96.4 cm³/mol. The topological polar surface area (TPSA) is 113 Å². The molecule has 7 heteroatoms. The molecule has 0 unspecified atom stereocenters. The third kappa shape index (κ3) is 2.88. The second-order valence-electron chi connectivity index (χ2n) is 5.83. The second-order valence-corrected chi connectivity index (χ2v) is 5.83. The van der Waals surface area contributed by atoms with Gasteiger partial charge in [-0.05, 0) is 32.4 Å². The maximum atomic E-state index is 7.51. The number of nitrogens with one attached hydrogen (secondary N) is 3. The highest BCUT2D eigenvalue weighted by Crippen LogP contribution is 2.34. The average Bonchev–Trinajstić information content (AvgIpc) is 2.92. The zero-order chi connectivity index (χ0) is 17.3. The number of hydrogen-bond acceptors (Lipinski definition) is 6. The Labute approximate surface area is 139 Å². The fourth-order valence-corrected chi connectivity index (χ4v) is 2.53. The maximum absolute atomic E-state index is 7.51. The van der Waals surface area contributed by atoms with E-state index in [1.807, 2.05) is 27.0 Å². The van der Waals surface area contributed by atoms with E-state index in [2.05, 4.69) is 20.3 Å². The van der Waals surface area contributed by atoms with E-state index in [4.69, 9.17) is 15.9 Å². The number of nitrogens with zero attached hydrogens (tertiary/aromatic N) is 2. The van der Waals surface area contributed by atoms with Gasteiger partial charge in [-0.15, -0.1) is 0 Å². The second kappa shape index (κ2) is 6.19. The minimum atomic E-state index is -0.00445. The summed E-state index contributed by atoms with van der Waals surface area (Å²) >= 11 is 0. The summed E-state index contributed by atoms with van der Waals surface area (Å²) in [4.78, 5) is 11.7. The lowest BCUT2D eigenvalue weighted by molar-refractivity contribution is 0.244. The standard InChI is InChI=1S/C17H20N6O/c1-9(2)24-14-5-12(19)11(6-18)4-13(14)23-17-15-10(3)7-20-16(15)21-8-22-17/h4-9,18H,19H2,1-3H3,(H2,20,21,22,23). The van der Waals surface area contributed by atoms with Gasteiger partial charge in [-0.2, -0.15) is 0 Å². The molecule has 2 aromatic heterocycles. The SMILES string of the molecule is Cc1c[nH]c2ncnc(Nc3cc(C=N)c(N)cc3OC(C)C)c12. The van der Waals surface area contributed by atoms with Gasteiger partial charge in [-0.1, -0.05) is 0 Å². The Morgan fingerprint density at radius 2 is 2.12 bits per heavy atom. The van der Waals surface area contributed by atoms with Gasteiger partial charge in [0.15, 0.2) is 0 Å². The number of H-pyrrole nitrogens is 1. The van der Waals surface area contributed by atoms with Gasteiger partial charge in [0.05, 0.1) is 17.2 Å². The summed E-state index contributed by atoms with van der Waals surface area (Å²) in [5.41, 5.74) is 9.60. The molecular weight excluding hydrogens is 304 g/mol. The smallest absolute Gasteiger partial charge is 0.145 e. The molecule has 0 amide bonds. The van der Waals surface area contributed by atoms with Crippen LogP contribution in [0.15, 0.2) is 24.7 Å². The van der Waals surface area contributed by atoms with Crippen molar-refractivity contribution in [3.63, 3.8) is 0 Å². The zero-order valence-electron chi connectivity index (χ0n) is 13.8. The molecule has 5 N–H and O–H groups in total. The fraction of sp³-hybridized carbons (Fsp3) is 0.235. The Hall–Kier alpha value is -3.09. The van der Waals surface area contributed by atoms with Gasteiger partial charge in [0.1, 0.15) is 23.5 Å². The minimum absolute atomic E-state index is 0.00445. The normalized spacial score (nSPS) is 11.0. The van der Waals surface area contributed by atoms with Gasteiger partial charge in [-0.25, -0.2) is 9.97 Å². The van der Waals surface area contributed by atoms with Gasteiger partial charge in [0, 0.05) is 29.7 Å². The van der Waals surface area contributed by atoms with Crippen LogP contribution in [0.3, 0.4) is 0 Å². The van der Waals surface area contributed by atoms with Crippen molar-refractivity contribution in [1.82, 2.24) is 15.0 Å². The Kier molecular flexibility index (Phi) is 4.07. The number of fused-ring (bicyclic) bond motifs is 1. The number of anilines is 3. The molecule has 0 aliphatic heterocycles. The molecule has 3 aromatic rings. The molecule has 0 saturated carbocycles. The number of aromatic nitrogens is 3. The molecule has 24 heavy (non-hydrogen) atoms. The number of aromatic amines is 1. The van der Waals surface area contributed by atoms with E-state index in [1.165, 1.54) is 12.5 Å². The summed E-state index contributed by atoms with van der Waals surface area (Å²) in [7, 11) is 0. The van der Waals surface area contributed by atoms with Crippen molar-refractivity contribution in [2.24, 2.45) is 0 Å². The Balaban J connectivity index is 2.10. The highest BCUT2D eigenvalue weighted by Gasteiger charge is 2.14. The van der Waals surface area contributed by atoms with E-state index in [0.29, 0.717) is 28.5 Å². The van der Waals surface area contributed by atoms with Crippen LogP contribution in [-0.2, 0) is 0 Å². The number of hydrogen-bond donors (Lipinski definition) is 4. The first-order valence-electron chi connectivity index (χ1n) is 7.66. The van der Waals surface area contributed by atoms with Crippen LogP contribution < -0.4 is 15.8 Å². The molecule has 1 aromatic carbocycles. The van der Waals surface area contributed by atoms with Gasteiger partial charge in [0.25, 0.3) is 0 Å². The lowest BCUT2D eigenvalue weighted by Gasteiger charge is -2.17. The predicted octanol–water partition coefficient (Wildman–Crippen LogP) is 3.38. The molecule has 0 spiro atoms. The first-order chi connectivity index (χ1) is 11.5. The van der Waals surface area contributed by atoms with Gasteiger partial charge in [0.2, 0.25) is 0 Å². The molecule has 0 bridgehead atoms. The van der Waals surface area contributed by atoms with E-state index in [9.17, 15) is 0 Å². The van der Waals surface area contributed by atoms with Crippen LogP contribution in [0.4, 0.5) is 17.2 Å². The van der Waals surface area contributed by atoms with Gasteiger partial charge in [-0.3, -0.25) is 0 Å². The number of nitrogens with two attached hydrogens (primary N) is 1. The van der Waals surface area contributed by atoms with E-state index in [-0.39, 0.29) is 6.10 Å². The molecule has 7 nitrogen and oxygen atoms in total. The number of ether oxygens (including phenoxy) is 1. The maximum Gasteiger partial charge on any atom is 0.145 e. The van der Waals surface area contributed by atoms with Crippen molar-refractivity contribution in [2.75, 3.05) is 11.1 Å². The van der Waals surface area contributed by atoms with Crippen LogP contribution in [0.25, 0.3) is 11.0 Å². The van der Waals surface area contributed by atoms with E-state index >= 15 is 0 Å². The molecule has 0 atom stereocenters. The van der Waals surface area contributed by atoms with Crippen molar-refractivity contribution < 1.29 is 4.74 Å². The summed E-state index contributed by atoms with van der Waals surface area (Å²) in [5.74, 6) is 1.29. The van der Waals surface area contributed by atoms with E-state index in [1.54, 1.807) is 12.1 Å². The van der Waals surface area contributed by atoms with Crippen molar-refractivity contribution in [3.8, 4) is 5.75 Å². The van der Waals surface area contributed by atoms with Crippen molar-refractivity contribution in [2.45, 2.75) is 26.9 Å². The number of nitrogen functional groups attached to an aromatic ring is 1. The molecule has 124 valence electrons. The Bertz CT molecular complexity index is 899. The fourth-order valence-electron chi connectivity index (χ4n) is 2.53. The summed E-state index contributed by atoms with van der Waals surface area (Å²) in [6, 6.07) is 3.51. The third-order valence-electron chi connectivity index (χ3n) is 3.62. The van der Waals surface area contributed by atoms with Gasteiger partial charge >= 0.3 is 0 Å². The first-order valence-corrected chi connectivity index (χ1v) is 7.66. The molecule has 0 aliphatic rings. The lowest BCUT2D eigenvalue weighted by atomic mass is 10.1. The summed E-state index contributed by atoms with van der Waals surface area (Å²) in [6.45, 7) is 5.89. The monoisotopic (exact) mass is 324 g/mol. The largest absolute Gasteiger partial charge is 0.489 e. The van der Waals surface area contributed by atoms with Crippen molar-refractivity contribution >= 4 is 34.4 Å². The number of rotatable bonds is 5. The number of benzene rings is 1. The number of aryl methyl sites for hydroxylation is 1. The van der Waals surface area contributed by atoms with Crippen LogP contribution >= 0.6 is 0 Å². The molecule has 0 radical (unpaired) electrons. The Morgan fingerprint density at radius 3 is 2.83 bits per heavy atom. The third-order valence-corrected chi connectivity index (χ3v) is 3.62.